The maximum Gasteiger partial charge on any atom is 0.234 e. The van der Waals surface area contributed by atoms with E-state index in [2.05, 4.69) is 5.32 Å². The zero-order chi connectivity index (χ0) is 19.9. The third-order valence-corrected chi connectivity index (χ3v) is 4.55. The maximum atomic E-state index is 12.2. The average molecular weight is 399 g/mol. The monoisotopic (exact) mass is 398 g/mol. The van der Waals surface area contributed by atoms with E-state index >= 15 is 0 Å². The van der Waals surface area contributed by atoms with Crippen molar-refractivity contribution in [1.29, 1.82) is 0 Å². The van der Waals surface area contributed by atoms with E-state index in [1.807, 2.05) is 72.6 Å². The summed E-state index contributed by atoms with van der Waals surface area (Å²) < 4.78 is 11.2. The number of carbonyl (C=O) groups excluding carboxylic acids is 1. The number of furan rings is 1. The van der Waals surface area contributed by atoms with E-state index in [9.17, 15) is 4.79 Å². The van der Waals surface area contributed by atoms with Gasteiger partial charge in [0.05, 0.1) is 20.2 Å². The molecule has 0 spiro atoms. The second kappa shape index (κ2) is 9.44. The molecule has 1 heterocycles. The number of hydrogen-bond acceptors (Lipinski definition) is 4. The summed E-state index contributed by atoms with van der Waals surface area (Å²) in [5.74, 6) is 2.20. The van der Waals surface area contributed by atoms with E-state index in [1.165, 1.54) is 0 Å². The first kappa shape index (κ1) is 20.0. The number of halogens is 1. The lowest BCUT2D eigenvalue weighted by Gasteiger charge is -2.17. The molecule has 3 aromatic rings. The second-order valence-corrected chi connectivity index (χ2v) is 6.97. The molecule has 1 amide bonds. The predicted molar refractivity (Wildman–Crippen MR) is 110 cm³/mol. The summed E-state index contributed by atoms with van der Waals surface area (Å²) in [4.78, 5) is 14.2. The second-order valence-electron chi connectivity index (χ2n) is 6.53. The van der Waals surface area contributed by atoms with Crippen LogP contribution in [0.15, 0.2) is 65.1 Å². The molecule has 0 atom stereocenters. The predicted octanol–water partition coefficient (Wildman–Crippen LogP) is 4.36. The fraction of sp³-hybridized carbons (Fsp3) is 0.227. The first-order valence-corrected chi connectivity index (χ1v) is 9.34. The Bertz CT molecular complexity index is 922. The summed E-state index contributed by atoms with van der Waals surface area (Å²) >= 11 is 5.91. The van der Waals surface area contributed by atoms with Crippen LogP contribution in [0.1, 0.15) is 11.3 Å². The number of amides is 1. The molecule has 5 nitrogen and oxygen atoms in total. The topological polar surface area (TPSA) is 54.7 Å². The van der Waals surface area contributed by atoms with Crippen molar-refractivity contribution in [3.05, 3.63) is 77.0 Å². The highest BCUT2D eigenvalue weighted by molar-refractivity contribution is 6.30. The molecular weight excluding hydrogens is 376 g/mol. The van der Waals surface area contributed by atoms with E-state index in [4.69, 9.17) is 20.8 Å². The van der Waals surface area contributed by atoms with Crippen LogP contribution in [0.3, 0.4) is 0 Å². The van der Waals surface area contributed by atoms with Gasteiger partial charge in [0.1, 0.15) is 17.3 Å². The first-order valence-electron chi connectivity index (χ1n) is 8.97. The fourth-order valence-corrected chi connectivity index (χ4v) is 3.04. The van der Waals surface area contributed by atoms with Gasteiger partial charge in [-0.15, -0.1) is 0 Å². The molecule has 146 valence electrons. The lowest BCUT2D eigenvalue weighted by atomic mass is 10.2. The molecule has 0 saturated carbocycles. The highest BCUT2D eigenvalue weighted by atomic mass is 35.5. The van der Waals surface area contributed by atoms with Gasteiger partial charge in [-0.3, -0.25) is 9.69 Å². The van der Waals surface area contributed by atoms with Gasteiger partial charge >= 0.3 is 0 Å². The number of hydrogen-bond donors (Lipinski definition) is 1. The van der Waals surface area contributed by atoms with E-state index < -0.39 is 0 Å². The van der Waals surface area contributed by atoms with Crippen LogP contribution in [-0.2, 0) is 17.9 Å². The third-order valence-electron chi connectivity index (χ3n) is 4.30. The molecule has 2 aromatic carbocycles. The minimum Gasteiger partial charge on any atom is -0.496 e. The van der Waals surface area contributed by atoms with Gasteiger partial charge in [-0.1, -0.05) is 29.8 Å². The van der Waals surface area contributed by atoms with Gasteiger partial charge in [0.25, 0.3) is 0 Å². The first-order chi connectivity index (χ1) is 13.5. The van der Waals surface area contributed by atoms with E-state index in [0.29, 0.717) is 23.9 Å². The smallest absolute Gasteiger partial charge is 0.234 e. The Morgan fingerprint density at radius 2 is 1.86 bits per heavy atom. The zero-order valence-electron chi connectivity index (χ0n) is 15.9. The van der Waals surface area contributed by atoms with Crippen molar-refractivity contribution >= 4 is 17.5 Å². The minimum absolute atomic E-state index is 0.0677. The normalized spacial score (nSPS) is 10.9. The molecule has 0 fully saturated rings. The molecular formula is C22H23ClN2O3. The van der Waals surface area contributed by atoms with Gasteiger partial charge in [0, 0.05) is 22.7 Å². The Morgan fingerprint density at radius 1 is 1.11 bits per heavy atom. The number of likely N-dealkylation sites (N-methyl/N-ethyl adjacent to an activating group) is 1. The molecule has 3 rings (SSSR count). The molecule has 1 aromatic heterocycles. The number of carbonyl (C=O) groups is 1. The molecule has 6 heteroatoms. The fourth-order valence-electron chi connectivity index (χ4n) is 2.91. The molecule has 0 aliphatic rings. The number of nitrogens with zero attached hydrogens (tertiary/aromatic N) is 1. The van der Waals surface area contributed by atoms with Gasteiger partial charge in [-0.05, 0) is 49.5 Å². The summed E-state index contributed by atoms with van der Waals surface area (Å²) in [7, 11) is 3.55. The number of methoxy groups -OCH3 is 1. The van der Waals surface area contributed by atoms with Crippen LogP contribution in [0.4, 0.5) is 0 Å². The highest BCUT2D eigenvalue weighted by Gasteiger charge is 2.11. The van der Waals surface area contributed by atoms with Crippen LogP contribution in [0.2, 0.25) is 5.02 Å². The third kappa shape index (κ3) is 5.38. The number of ether oxygens (including phenoxy) is 1. The van der Waals surface area contributed by atoms with Crippen molar-refractivity contribution in [2.24, 2.45) is 0 Å². The van der Waals surface area contributed by atoms with Crippen molar-refractivity contribution in [1.82, 2.24) is 10.2 Å². The minimum atomic E-state index is -0.0677. The molecule has 0 aliphatic heterocycles. The van der Waals surface area contributed by atoms with Gasteiger partial charge < -0.3 is 14.5 Å². The molecule has 0 bridgehead atoms. The van der Waals surface area contributed by atoms with Crippen molar-refractivity contribution in [3.63, 3.8) is 0 Å². The van der Waals surface area contributed by atoms with Crippen LogP contribution >= 0.6 is 11.6 Å². The van der Waals surface area contributed by atoms with Crippen LogP contribution in [0.25, 0.3) is 11.3 Å². The molecule has 0 unspecified atom stereocenters. The lowest BCUT2D eigenvalue weighted by molar-refractivity contribution is -0.122. The number of nitrogens with one attached hydrogen (secondary N) is 1. The Morgan fingerprint density at radius 3 is 2.61 bits per heavy atom. The standard InChI is InChI=1S/C22H23ClN2O3/c1-25(14-17-5-3-4-6-20(17)27-2)15-22(26)24-13-19-11-12-21(28-19)16-7-9-18(23)10-8-16/h3-12H,13-15H2,1-2H3,(H,24,26). The quantitative estimate of drug-likeness (QED) is 0.612. The van der Waals surface area contributed by atoms with Crippen molar-refractivity contribution in [3.8, 4) is 17.1 Å². The van der Waals surface area contributed by atoms with E-state index in [0.717, 1.165) is 22.6 Å². The van der Waals surface area contributed by atoms with Crippen molar-refractivity contribution < 1.29 is 13.9 Å². The summed E-state index contributed by atoms with van der Waals surface area (Å²) in [6.45, 7) is 1.25. The molecule has 0 aliphatic carbocycles. The van der Waals surface area contributed by atoms with E-state index in [-0.39, 0.29) is 12.5 Å². The Labute approximate surface area is 169 Å². The zero-order valence-corrected chi connectivity index (χ0v) is 16.7. The molecule has 0 radical (unpaired) electrons. The van der Waals surface area contributed by atoms with Gasteiger partial charge in [0.15, 0.2) is 0 Å². The number of para-hydroxylation sites is 1. The largest absolute Gasteiger partial charge is 0.496 e. The Kier molecular flexibility index (Phi) is 6.74. The van der Waals surface area contributed by atoms with Crippen molar-refractivity contribution in [2.75, 3.05) is 20.7 Å². The molecule has 0 saturated heterocycles. The van der Waals surface area contributed by atoms with Gasteiger partial charge in [0.2, 0.25) is 5.91 Å². The summed E-state index contributed by atoms with van der Waals surface area (Å²) in [6, 6.07) is 19.0. The molecule has 1 N–H and O–H groups in total. The Balaban J connectivity index is 1.49. The maximum absolute atomic E-state index is 12.2. The SMILES string of the molecule is COc1ccccc1CN(C)CC(=O)NCc1ccc(-c2ccc(Cl)cc2)o1. The molecule has 28 heavy (non-hydrogen) atoms. The lowest BCUT2D eigenvalue weighted by Crippen LogP contribution is -2.34. The van der Waals surface area contributed by atoms with Crippen molar-refractivity contribution in [2.45, 2.75) is 13.1 Å². The Hall–Kier alpha value is -2.76. The van der Waals surface area contributed by atoms with Crippen LogP contribution in [0, 0.1) is 0 Å². The van der Waals surface area contributed by atoms with E-state index in [1.54, 1.807) is 7.11 Å². The summed E-state index contributed by atoms with van der Waals surface area (Å²) in [5.41, 5.74) is 1.98. The summed E-state index contributed by atoms with van der Waals surface area (Å²) in [5, 5.41) is 3.57. The van der Waals surface area contributed by atoms with Crippen LogP contribution < -0.4 is 10.1 Å². The summed E-state index contributed by atoms with van der Waals surface area (Å²) in [6.07, 6.45) is 0. The van der Waals surface area contributed by atoms with Crippen LogP contribution in [0.5, 0.6) is 5.75 Å². The average Bonchev–Trinajstić information content (AvgIpc) is 3.16. The van der Waals surface area contributed by atoms with Gasteiger partial charge in [-0.25, -0.2) is 0 Å². The number of rotatable bonds is 8. The van der Waals surface area contributed by atoms with Crippen LogP contribution in [-0.4, -0.2) is 31.5 Å². The van der Waals surface area contributed by atoms with Gasteiger partial charge in [-0.2, -0.15) is 0 Å². The highest BCUT2D eigenvalue weighted by Crippen LogP contribution is 2.23. The number of benzene rings is 2.